The second-order valence-corrected chi connectivity index (χ2v) is 3.66. The maximum atomic E-state index is 8.92. The van der Waals surface area contributed by atoms with Crippen molar-refractivity contribution in [2.45, 2.75) is 12.5 Å². The van der Waals surface area contributed by atoms with Crippen molar-refractivity contribution in [2.24, 2.45) is 5.73 Å². The number of nitrogens with two attached hydrogens (primary N) is 1. The molecule has 72 valence electrons. The molecule has 0 aliphatic carbocycles. The highest BCUT2D eigenvalue weighted by Gasteiger charge is 2.22. The van der Waals surface area contributed by atoms with Gasteiger partial charge in [0, 0.05) is 23.0 Å². The molecule has 2 N–H and O–H groups in total. The minimum absolute atomic E-state index is 0.120. The number of nitrogens with zero attached hydrogens (tertiary/aromatic N) is 1. The Morgan fingerprint density at radius 2 is 2.36 bits per heavy atom. The van der Waals surface area contributed by atoms with Crippen LogP contribution in [0.2, 0.25) is 5.02 Å². The van der Waals surface area contributed by atoms with Crippen molar-refractivity contribution < 1.29 is 4.74 Å². The lowest BCUT2D eigenvalue weighted by molar-refractivity contribution is 0.269. The van der Waals surface area contributed by atoms with E-state index in [0.29, 0.717) is 22.9 Å². The van der Waals surface area contributed by atoms with Gasteiger partial charge in [0.1, 0.15) is 5.75 Å². The van der Waals surface area contributed by atoms with Crippen LogP contribution < -0.4 is 10.5 Å². The second kappa shape index (κ2) is 3.49. The van der Waals surface area contributed by atoms with Crippen LogP contribution in [0.4, 0.5) is 0 Å². The molecule has 1 aliphatic rings. The zero-order valence-corrected chi connectivity index (χ0v) is 8.21. The molecule has 1 aliphatic heterocycles. The summed E-state index contributed by atoms with van der Waals surface area (Å²) < 4.78 is 5.40. The number of rotatable bonds is 0. The van der Waals surface area contributed by atoms with Crippen molar-refractivity contribution >= 4 is 11.6 Å². The monoisotopic (exact) mass is 208 g/mol. The van der Waals surface area contributed by atoms with Gasteiger partial charge in [0.25, 0.3) is 0 Å². The molecule has 0 spiro atoms. The summed E-state index contributed by atoms with van der Waals surface area (Å²) >= 11 is 5.84. The molecule has 4 heteroatoms. The Labute approximate surface area is 87.0 Å². The predicted molar refractivity (Wildman–Crippen MR) is 53.2 cm³/mol. The highest BCUT2D eigenvalue weighted by molar-refractivity contribution is 6.30. The fourth-order valence-corrected chi connectivity index (χ4v) is 1.84. The summed E-state index contributed by atoms with van der Waals surface area (Å²) in [5.74, 6) is 0.646. The summed E-state index contributed by atoms with van der Waals surface area (Å²) in [4.78, 5) is 0. The van der Waals surface area contributed by atoms with Crippen LogP contribution in [0.5, 0.6) is 5.75 Å². The predicted octanol–water partition coefficient (Wildman–Crippen LogP) is 1.99. The van der Waals surface area contributed by atoms with Gasteiger partial charge in [-0.2, -0.15) is 5.26 Å². The van der Waals surface area contributed by atoms with Crippen LogP contribution in [0.3, 0.4) is 0 Å². The Bertz CT molecular complexity index is 411. The summed E-state index contributed by atoms with van der Waals surface area (Å²) in [6.45, 7) is 0.583. The summed E-state index contributed by atoms with van der Waals surface area (Å²) in [6, 6.07) is 5.29. The molecule has 0 amide bonds. The standard InChI is InChI=1S/C10H9ClN2O/c11-7-3-6(5-12)10-8(13)1-2-14-9(10)4-7/h3-4,8H,1-2,13H2. The summed E-state index contributed by atoms with van der Waals surface area (Å²) in [7, 11) is 0. The van der Waals surface area contributed by atoms with Gasteiger partial charge in [-0.25, -0.2) is 0 Å². The van der Waals surface area contributed by atoms with Crippen LogP contribution in [-0.2, 0) is 0 Å². The van der Waals surface area contributed by atoms with Crippen molar-refractivity contribution in [3.63, 3.8) is 0 Å². The van der Waals surface area contributed by atoms with E-state index in [2.05, 4.69) is 6.07 Å². The summed E-state index contributed by atoms with van der Waals surface area (Å²) in [6.07, 6.45) is 0.739. The fraction of sp³-hybridized carbons (Fsp3) is 0.300. The van der Waals surface area contributed by atoms with Gasteiger partial charge in [0.05, 0.1) is 18.2 Å². The smallest absolute Gasteiger partial charge is 0.126 e. The highest BCUT2D eigenvalue weighted by atomic mass is 35.5. The quantitative estimate of drug-likeness (QED) is 0.710. The van der Waals surface area contributed by atoms with Crippen molar-refractivity contribution in [1.82, 2.24) is 0 Å². The first-order valence-electron chi connectivity index (χ1n) is 4.34. The number of benzene rings is 1. The van der Waals surface area contributed by atoms with Crippen LogP contribution in [-0.4, -0.2) is 6.61 Å². The van der Waals surface area contributed by atoms with E-state index in [1.807, 2.05) is 0 Å². The first kappa shape index (κ1) is 9.32. The number of ether oxygens (including phenoxy) is 1. The lowest BCUT2D eigenvalue weighted by atomic mass is 9.96. The highest BCUT2D eigenvalue weighted by Crippen LogP contribution is 2.35. The lowest BCUT2D eigenvalue weighted by Gasteiger charge is -2.23. The molecule has 1 heterocycles. The van der Waals surface area contributed by atoms with Crippen molar-refractivity contribution in [2.75, 3.05) is 6.61 Å². The molecule has 2 rings (SSSR count). The number of fused-ring (bicyclic) bond motifs is 1. The van der Waals surface area contributed by atoms with Gasteiger partial charge < -0.3 is 10.5 Å². The molecule has 0 bridgehead atoms. The average molecular weight is 209 g/mol. The Balaban J connectivity index is 2.63. The maximum Gasteiger partial charge on any atom is 0.126 e. The topological polar surface area (TPSA) is 59.0 Å². The Hall–Kier alpha value is -1.24. The van der Waals surface area contributed by atoms with Gasteiger partial charge >= 0.3 is 0 Å². The third-order valence-electron chi connectivity index (χ3n) is 2.28. The molecule has 0 saturated carbocycles. The molecule has 0 fully saturated rings. The second-order valence-electron chi connectivity index (χ2n) is 3.22. The minimum Gasteiger partial charge on any atom is -0.493 e. The molecular weight excluding hydrogens is 200 g/mol. The molecule has 0 saturated heterocycles. The van der Waals surface area contributed by atoms with Crippen LogP contribution in [0.1, 0.15) is 23.6 Å². The maximum absolute atomic E-state index is 8.92. The Morgan fingerprint density at radius 3 is 3.07 bits per heavy atom. The Morgan fingerprint density at radius 1 is 1.57 bits per heavy atom. The average Bonchev–Trinajstić information content (AvgIpc) is 2.16. The van der Waals surface area contributed by atoms with E-state index in [0.717, 1.165) is 12.0 Å². The van der Waals surface area contributed by atoms with Gasteiger partial charge in [-0.1, -0.05) is 11.6 Å². The van der Waals surface area contributed by atoms with Gasteiger partial charge in [0.15, 0.2) is 0 Å². The van der Waals surface area contributed by atoms with E-state index in [-0.39, 0.29) is 6.04 Å². The molecular formula is C10H9ClN2O. The molecule has 1 aromatic carbocycles. The number of halogens is 1. The number of nitriles is 1. The van der Waals surface area contributed by atoms with Gasteiger partial charge in [0.2, 0.25) is 0 Å². The molecule has 1 unspecified atom stereocenters. The van der Waals surface area contributed by atoms with Gasteiger partial charge in [-0.3, -0.25) is 0 Å². The normalized spacial score (nSPS) is 19.4. The van der Waals surface area contributed by atoms with E-state index in [1.165, 1.54) is 0 Å². The van der Waals surface area contributed by atoms with Gasteiger partial charge in [-0.05, 0) is 12.1 Å². The third kappa shape index (κ3) is 1.43. The lowest BCUT2D eigenvalue weighted by Crippen LogP contribution is -2.21. The molecule has 1 aromatic rings. The van der Waals surface area contributed by atoms with E-state index in [4.69, 9.17) is 27.3 Å². The van der Waals surface area contributed by atoms with Gasteiger partial charge in [-0.15, -0.1) is 0 Å². The first-order chi connectivity index (χ1) is 6.72. The number of hydrogen-bond acceptors (Lipinski definition) is 3. The van der Waals surface area contributed by atoms with Crippen molar-refractivity contribution in [3.05, 3.63) is 28.3 Å². The van der Waals surface area contributed by atoms with Crippen molar-refractivity contribution in [1.29, 1.82) is 5.26 Å². The van der Waals surface area contributed by atoms with Crippen LogP contribution in [0.25, 0.3) is 0 Å². The molecule has 0 aromatic heterocycles. The van der Waals surface area contributed by atoms with E-state index in [1.54, 1.807) is 12.1 Å². The van der Waals surface area contributed by atoms with Crippen molar-refractivity contribution in [3.8, 4) is 11.8 Å². The SMILES string of the molecule is N#Cc1cc(Cl)cc2c1C(N)CCO2. The zero-order valence-electron chi connectivity index (χ0n) is 7.46. The third-order valence-corrected chi connectivity index (χ3v) is 2.50. The van der Waals surface area contributed by atoms with E-state index in [9.17, 15) is 0 Å². The van der Waals surface area contributed by atoms with E-state index < -0.39 is 0 Å². The minimum atomic E-state index is -0.120. The zero-order chi connectivity index (χ0) is 10.1. The Kier molecular flexibility index (Phi) is 2.32. The molecule has 14 heavy (non-hydrogen) atoms. The van der Waals surface area contributed by atoms with Crippen LogP contribution in [0.15, 0.2) is 12.1 Å². The summed E-state index contributed by atoms with van der Waals surface area (Å²) in [5.41, 5.74) is 7.19. The summed E-state index contributed by atoms with van der Waals surface area (Å²) in [5, 5.41) is 9.42. The number of hydrogen-bond donors (Lipinski definition) is 1. The largest absolute Gasteiger partial charge is 0.493 e. The molecule has 3 nitrogen and oxygen atoms in total. The molecule has 1 atom stereocenters. The van der Waals surface area contributed by atoms with Crippen LogP contribution in [0, 0.1) is 11.3 Å². The fourth-order valence-electron chi connectivity index (χ4n) is 1.63. The molecule has 0 radical (unpaired) electrons. The first-order valence-corrected chi connectivity index (χ1v) is 4.72. The van der Waals surface area contributed by atoms with Crippen LogP contribution >= 0.6 is 11.6 Å². The van der Waals surface area contributed by atoms with E-state index >= 15 is 0 Å².